The van der Waals surface area contributed by atoms with Crippen LogP contribution in [0.2, 0.25) is 0 Å². The second kappa shape index (κ2) is 5.30. The molecule has 4 nitrogen and oxygen atoms in total. The normalized spacial score (nSPS) is 13.4. The van der Waals surface area contributed by atoms with Crippen molar-refractivity contribution in [1.29, 1.82) is 0 Å². The molecule has 20 heavy (non-hydrogen) atoms. The summed E-state index contributed by atoms with van der Waals surface area (Å²) in [4.78, 5) is 13.6. The average Bonchev–Trinajstić information content (AvgIpc) is 2.47. The van der Waals surface area contributed by atoms with E-state index in [9.17, 15) is 4.79 Å². The van der Waals surface area contributed by atoms with E-state index in [-0.39, 0.29) is 12.5 Å². The Labute approximate surface area is 122 Å². The number of anilines is 3. The molecule has 0 spiro atoms. The second-order valence-electron chi connectivity index (χ2n) is 4.45. The van der Waals surface area contributed by atoms with Crippen LogP contribution in [0.3, 0.4) is 0 Å². The molecule has 0 fully saturated rings. The molecule has 1 heterocycles. The van der Waals surface area contributed by atoms with Crippen LogP contribution in [-0.2, 0) is 4.79 Å². The monoisotopic (exact) mass is 283 g/mol. The third kappa shape index (κ3) is 2.48. The number of hydrogen-bond donors (Lipinski definition) is 2. The van der Waals surface area contributed by atoms with Crippen LogP contribution in [0, 0.1) is 0 Å². The highest BCUT2D eigenvalue weighted by atomic mass is 32.1. The van der Waals surface area contributed by atoms with Crippen LogP contribution < -0.4 is 15.5 Å². The summed E-state index contributed by atoms with van der Waals surface area (Å²) in [6.45, 7) is 0.218. The molecule has 2 aromatic carbocycles. The predicted octanol–water partition coefficient (Wildman–Crippen LogP) is 2.84. The zero-order chi connectivity index (χ0) is 13.9. The molecule has 1 amide bonds. The van der Waals surface area contributed by atoms with E-state index in [0.29, 0.717) is 5.11 Å². The summed E-state index contributed by atoms with van der Waals surface area (Å²) in [5, 5.41) is 6.50. The molecule has 0 aromatic heterocycles. The molecular weight excluding hydrogens is 270 g/mol. The Hall–Kier alpha value is -2.40. The van der Waals surface area contributed by atoms with Gasteiger partial charge in [0.25, 0.3) is 0 Å². The number of carbonyl (C=O) groups is 1. The van der Waals surface area contributed by atoms with Gasteiger partial charge in [0.05, 0.1) is 11.4 Å². The Bertz CT molecular complexity index is 657. The van der Waals surface area contributed by atoms with Gasteiger partial charge in [0.2, 0.25) is 5.91 Å². The van der Waals surface area contributed by atoms with E-state index in [1.165, 1.54) is 0 Å². The number of thiocarbonyl (C=S) groups is 1. The van der Waals surface area contributed by atoms with Gasteiger partial charge < -0.3 is 15.5 Å². The maximum Gasteiger partial charge on any atom is 0.244 e. The molecule has 100 valence electrons. The van der Waals surface area contributed by atoms with Crippen molar-refractivity contribution in [2.24, 2.45) is 0 Å². The molecule has 3 rings (SSSR count). The van der Waals surface area contributed by atoms with Crippen LogP contribution in [0.1, 0.15) is 0 Å². The van der Waals surface area contributed by atoms with Gasteiger partial charge in [0.15, 0.2) is 5.11 Å². The van der Waals surface area contributed by atoms with Gasteiger partial charge in [-0.1, -0.05) is 30.3 Å². The zero-order valence-corrected chi connectivity index (χ0v) is 11.5. The predicted molar refractivity (Wildman–Crippen MR) is 85.1 cm³/mol. The minimum Gasteiger partial charge on any atom is -0.332 e. The lowest BCUT2D eigenvalue weighted by Crippen LogP contribution is -2.44. The quantitative estimate of drug-likeness (QED) is 0.790. The highest BCUT2D eigenvalue weighted by molar-refractivity contribution is 7.80. The lowest BCUT2D eigenvalue weighted by Gasteiger charge is -2.31. The molecular formula is C15H13N3OS. The number of hydrogen-bond acceptors (Lipinski definition) is 2. The fourth-order valence-electron chi connectivity index (χ4n) is 2.13. The van der Waals surface area contributed by atoms with Crippen LogP contribution in [0.5, 0.6) is 0 Å². The lowest BCUT2D eigenvalue weighted by molar-refractivity contribution is -0.115. The molecule has 0 saturated heterocycles. The highest BCUT2D eigenvalue weighted by Crippen LogP contribution is 2.29. The number of benzene rings is 2. The van der Waals surface area contributed by atoms with Crippen molar-refractivity contribution in [3.63, 3.8) is 0 Å². The summed E-state index contributed by atoms with van der Waals surface area (Å²) >= 11 is 5.42. The molecule has 0 bridgehead atoms. The smallest absolute Gasteiger partial charge is 0.244 e. The van der Waals surface area contributed by atoms with Gasteiger partial charge in [-0.2, -0.15) is 0 Å². The molecule has 0 atom stereocenters. The Morgan fingerprint density at radius 1 is 1.10 bits per heavy atom. The van der Waals surface area contributed by atoms with Gasteiger partial charge >= 0.3 is 0 Å². The van der Waals surface area contributed by atoms with Crippen molar-refractivity contribution in [3.05, 3.63) is 54.6 Å². The van der Waals surface area contributed by atoms with Crippen LogP contribution in [0.4, 0.5) is 17.1 Å². The summed E-state index contributed by atoms with van der Waals surface area (Å²) in [5.41, 5.74) is 2.59. The molecule has 5 heteroatoms. The highest BCUT2D eigenvalue weighted by Gasteiger charge is 2.24. The van der Waals surface area contributed by atoms with Crippen molar-refractivity contribution in [1.82, 2.24) is 0 Å². The molecule has 1 aliphatic rings. The average molecular weight is 283 g/mol. The zero-order valence-electron chi connectivity index (χ0n) is 10.7. The van der Waals surface area contributed by atoms with Crippen molar-refractivity contribution in [2.45, 2.75) is 0 Å². The Morgan fingerprint density at radius 3 is 2.60 bits per heavy atom. The van der Waals surface area contributed by atoms with E-state index in [1.54, 1.807) is 4.90 Å². The molecule has 0 radical (unpaired) electrons. The van der Waals surface area contributed by atoms with Gasteiger partial charge in [0.1, 0.15) is 6.54 Å². The largest absolute Gasteiger partial charge is 0.332 e. The maximum atomic E-state index is 11.8. The minimum absolute atomic E-state index is 0.0686. The maximum absolute atomic E-state index is 11.8. The van der Waals surface area contributed by atoms with Crippen LogP contribution >= 0.6 is 12.2 Å². The minimum atomic E-state index is -0.0686. The van der Waals surface area contributed by atoms with Crippen molar-refractivity contribution in [2.75, 3.05) is 22.1 Å². The van der Waals surface area contributed by atoms with E-state index in [2.05, 4.69) is 10.6 Å². The molecule has 2 N–H and O–H groups in total. The van der Waals surface area contributed by atoms with Gasteiger partial charge in [0, 0.05) is 5.69 Å². The van der Waals surface area contributed by atoms with Gasteiger partial charge in [-0.25, -0.2) is 0 Å². The van der Waals surface area contributed by atoms with E-state index in [0.717, 1.165) is 17.1 Å². The molecule has 0 saturated carbocycles. The van der Waals surface area contributed by atoms with Gasteiger partial charge in [-0.3, -0.25) is 4.79 Å². The Morgan fingerprint density at radius 2 is 1.80 bits per heavy atom. The standard InChI is InChI=1S/C15H13N3OS/c19-14-10-18(13-9-5-4-8-12(13)17-14)15(20)16-11-6-2-1-3-7-11/h1-9H,10H2,(H,16,20)(H,17,19). The summed E-state index contributed by atoms with van der Waals surface area (Å²) < 4.78 is 0. The van der Waals surface area contributed by atoms with Crippen LogP contribution in [0.25, 0.3) is 0 Å². The van der Waals surface area contributed by atoms with Crippen LogP contribution in [-0.4, -0.2) is 17.6 Å². The summed E-state index contributed by atoms with van der Waals surface area (Å²) in [5.74, 6) is -0.0686. The number of carbonyl (C=O) groups excluding carboxylic acids is 1. The number of nitrogens with one attached hydrogen (secondary N) is 2. The number of fused-ring (bicyclic) bond motifs is 1. The van der Waals surface area contributed by atoms with Crippen molar-refractivity contribution < 1.29 is 4.79 Å². The molecule has 0 unspecified atom stereocenters. The lowest BCUT2D eigenvalue weighted by atomic mass is 10.2. The fraction of sp³-hybridized carbons (Fsp3) is 0.0667. The van der Waals surface area contributed by atoms with E-state index in [1.807, 2.05) is 54.6 Å². The van der Waals surface area contributed by atoms with Crippen molar-refractivity contribution >= 4 is 40.3 Å². The second-order valence-corrected chi connectivity index (χ2v) is 4.83. The number of rotatable bonds is 1. The number of para-hydroxylation sites is 3. The summed E-state index contributed by atoms with van der Waals surface area (Å²) in [6, 6.07) is 17.3. The first kappa shape index (κ1) is 12.6. The first-order valence-corrected chi connectivity index (χ1v) is 6.67. The van der Waals surface area contributed by atoms with E-state index >= 15 is 0 Å². The molecule has 0 aliphatic carbocycles. The third-order valence-electron chi connectivity index (χ3n) is 3.04. The number of amides is 1. The molecule has 1 aliphatic heterocycles. The first-order chi connectivity index (χ1) is 9.74. The summed E-state index contributed by atoms with van der Waals surface area (Å²) in [6.07, 6.45) is 0. The third-order valence-corrected chi connectivity index (χ3v) is 3.36. The van der Waals surface area contributed by atoms with Gasteiger partial charge in [-0.15, -0.1) is 0 Å². The molecule has 2 aromatic rings. The van der Waals surface area contributed by atoms with Crippen LogP contribution in [0.15, 0.2) is 54.6 Å². The Balaban J connectivity index is 1.87. The van der Waals surface area contributed by atoms with Gasteiger partial charge in [-0.05, 0) is 36.5 Å². The summed E-state index contributed by atoms with van der Waals surface area (Å²) in [7, 11) is 0. The topological polar surface area (TPSA) is 44.4 Å². The van der Waals surface area contributed by atoms with E-state index in [4.69, 9.17) is 12.2 Å². The van der Waals surface area contributed by atoms with Crippen molar-refractivity contribution in [3.8, 4) is 0 Å². The van der Waals surface area contributed by atoms with E-state index < -0.39 is 0 Å². The Kier molecular flexibility index (Phi) is 3.35. The number of nitrogens with zero attached hydrogens (tertiary/aromatic N) is 1. The first-order valence-electron chi connectivity index (χ1n) is 6.26. The fourth-order valence-corrected chi connectivity index (χ4v) is 2.41. The SMILES string of the molecule is O=C1CN(C(=S)Nc2ccccc2)c2ccccc2N1.